The summed E-state index contributed by atoms with van der Waals surface area (Å²) >= 11 is 0. The van der Waals surface area contributed by atoms with Gasteiger partial charge in [-0.1, -0.05) is 133 Å². The predicted molar refractivity (Wildman–Crippen MR) is 206 cm³/mol. The molecule has 0 saturated heterocycles. The van der Waals surface area contributed by atoms with Gasteiger partial charge in [-0.05, 0) is 64.7 Å². The van der Waals surface area contributed by atoms with Crippen LogP contribution in [0.4, 0.5) is 13.2 Å². The van der Waals surface area contributed by atoms with Crippen LogP contribution in [0.2, 0.25) is 0 Å². The van der Waals surface area contributed by atoms with E-state index in [2.05, 4.69) is 47.0 Å². The summed E-state index contributed by atoms with van der Waals surface area (Å²) in [6.45, 7) is 0. The lowest BCUT2D eigenvalue weighted by molar-refractivity contribution is -0.137. The van der Waals surface area contributed by atoms with E-state index in [0.717, 1.165) is 55.8 Å². The summed E-state index contributed by atoms with van der Waals surface area (Å²) in [5.74, 6) is 1.28. The van der Waals surface area contributed by atoms with Crippen molar-refractivity contribution >= 4 is 21.8 Å². The molecule has 0 saturated carbocycles. The van der Waals surface area contributed by atoms with Gasteiger partial charge in [0.25, 0.3) is 0 Å². The largest absolute Gasteiger partial charge is 0.416 e. The molecular weight excluding hydrogens is 666 g/mol. The Morgan fingerprint density at radius 1 is 0.377 bits per heavy atom. The first-order valence-corrected chi connectivity index (χ1v) is 17.2. The molecule has 2 heterocycles. The van der Waals surface area contributed by atoms with E-state index in [4.69, 9.17) is 15.0 Å². The third kappa shape index (κ3) is 6.02. The van der Waals surface area contributed by atoms with E-state index in [1.165, 1.54) is 12.1 Å². The molecular formula is C46H29F3N4. The van der Waals surface area contributed by atoms with Gasteiger partial charge in [0.05, 0.1) is 16.6 Å². The molecule has 9 rings (SSSR count). The highest BCUT2D eigenvalue weighted by Gasteiger charge is 2.31. The van der Waals surface area contributed by atoms with Crippen LogP contribution in [0.3, 0.4) is 0 Å². The number of rotatable bonds is 6. The monoisotopic (exact) mass is 694 g/mol. The van der Waals surface area contributed by atoms with Gasteiger partial charge in [0.2, 0.25) is 0 Å². The first kappa shape index (κ1) is 32.1. The van der Waals surface area contributed by atoms with E-state index >= 15 is 0 Å². The molecule has 7 heteroatoms. The number of alkyl halides is 3. The lowest BCUT2D eigenvalue weighted by atomic mass is 9.96. The van der Waals surface area contributed by atoms with Crippen LogP contribution < -0.4 is 0 Å². The zero-order chi connectivity index (χ0) is 35.9. The van der Waals surface area contributed by atoms with E-state index in [-0.39, 0.29) is 0 Å². The average Bonchev–Trinajstić information content (AvgIpc) is 3.55. The molecule has 0 aliphatic heterocycles. The van der Waals surface area contributed by atoms with E-state index < -0.39 is 11.7 Å². The van der Waals surface area contributed by atoms with Gasteiger partial charge in [-0.3, -0.25) is 0 Å². The minimum absolute atomic E-state index is 0.352. The molecule has 0 N–H and O–H groups in total. The standard InChI is InChI=1S/C46H29F3N4/c47-46(48,49)35-20-12-19-34(27-35)40-29-36(53-41-22-11-10-21-37(41)38-25-23-33(28-42(38)53)30-13-4-1-5-14-30)24-26-39(40)45-51-43(31-15-6-2-7-16-31)50-44(52-45)32-17-8-3-9-18-32/h1-29H. The van der Waals surface area contributed by atoms with Crippen LogP contribution >= 0.6 is 0 Å². The molecule has 0 spiro atoms. The summed E-state index contributed by atoms with van der Waals surface area (Å²) in [6.07, 6.45) is -4.53. The van der Waals surface area contributed by atoms with Gasteiger partial charge < -0.3 is 4.57 Å². The molecule has 0 amide bonds. The highest BCUT2D eigenvalue weighted by Crippen LogP contribution is 2.40. The van der Waals surface area contributed by atoms with Crippen molar-refractivity contribution in [2.75, 3.05) is 0 Å². The van der Waals surface area contributed by atoms with Gasteiger partial charge in [-0.2, -0.15) is 13.2 Å². The van der Waals surface area contributed by atoms with Crippen LogP contribution in [0.15, 0.2) is 176 Å². The second-order valence-electron chi connectivity index (χ2n) is 12.8. The fourth-order valence-electron chi connectivity index (χ4n) is 6.96. The molecule has 254 valence electrons. The molecule has 0 bridgehead atoms. The normalized spacial score (nSPS) is 11.7. The Hall–Kier alpha value is -6.86. The second kappa shape index (κ2) is 13.0. The summed E-state index contributed by atoms with van der Waals surface area (Å²) in [5, 5.41) is 2.15. The van der Waals surface area contributed by atoms with E-state index in [9.17, 15) is 13.2 Å². The van der Waals surface area contributed by atoms with Crippen LogP contribution in [0.1, 0.15) is 5.56 Å². The van der Waals surface area contributed by atoms with Crippen molar-refractivity contribution in [1.82, 2.24) is 19.5 Å². The molecule has 53 heavy (non-hydrogen) atoms. The topological polar surface area (TPSA) is 43.6 Å². The molecule has 0 fully saturated rings. The second-order valence-corrected chi connectivity index (χ2v) is 12.8. The maximum atomic E-state index is 14.2. The Kier molecular flexibility index (Phi) is 7.89. The van der Waals surface area contributed by atoms with Crippen LogP contribution in [0.5, 0.6) is 0 Å². The number of benzene rings is 7. The third-order valence-corrected chi connectivity index (χ3v) is 9.48. The fourth-order valence-corrected chi connectivity index (χ4v) is 6.96. The lowest BCUT2D eigenvalue weighted by Crippen LogP contribution is -2.05. The number of hydrogen-bond acceptors (Lipinski definition) is 3. The first-order chi connectivity index (χ1) is 25.9. The Labute approximate surface area is 303 Å². The van der Waals surface area contributed by atoms with Crippen molar-refractivity contribution < 1.29 is 13.2 Å². The Morgan fingerprint density at radius 3 is 1.60 bits per heavy atom. The Morgan fingerprint density at radius 2 is 0.943 bits per heavy atom. The van der Waals surface area contributed by atoms with Crippen molar-refractivity contribution in [1.29, 1.82) is 0 Å². The van der Waals surface area contributed by atoms with E-state index in [1.807, 2.05) is 109 Å². The van der Waals surface area contributed by atoms with Gasteiger partial charge >= 0.3 is 6.18 Å². The zero-order valence-corrected chi connectivity index (χ0v) is 28.2. The average molecular weight is 695 g/mol. The van der Waals surface area contributed by atoms with E-state index in [0.29, 0.717) is 34.2 Å². The number of halogens is 3. The SMILES string of the molecule is FC(F)(F)c1cccc(-c2cc(-n3c4ccccc4c4ccc(-c5ccccc5)cc43)ccc2-c2nc(-c3ccccc3)nc(-c3ccccc3)n2)c1. The summed E-state index contributed by atoms with van der Waals surface area (Å²) in [5.41, 5.74) is 7.29. The summed E-state index contributed by atoms with van der Waals surface area (Å²) < 4.78 is 44.7. The lowest BCUT2D eigenvalue weighted by Gasteiger charge is -2.16. The van der Waals surface area contributed by atoms with Crippen LogP contribution in [0.25, 0.3) is 83.9 Å². The first-order valence-electron chi connectivity index (χ1n) is 17.2. The predicted octanol–water partition coefficient (Wildman–Crippen LogP) is 12.3. The molecule has 0 atom stereocenters. The van der Waals surface area contributed by atoms with E-state index in [1.54, 1.807) is 6.07 Å². The molecule has 4 nitrogen and oxygen atoms in total. The van der Waals surface area contributed by atoms with Crippen molar-refractivity contribution in [2.24, 2.45) is 0 Å². The minimum Gasteiger partial charge on any atom is -0.309 e. The fraction of sp³-hybridized carbons (Fsp3) is 0.0217. The molecule has 9 aromatic rings. The number of nitrogens with zero attached hydrogens (tertiary/aromatic N) is 4. The molecule has 0 aliphatic carbocycles. The molecule has 7 aromatic carbocycles. The number of hydrogen-bond donors (Lipinski definition) is 0. The molecule has 0 radical (unpaired) electrons. The van der Waals surface area contributed by atoms with Gasteiger partial charge in [-0.15, -0.1) is 0 Å². The highest BCUT2D eigenvalue weighted by molar-refractivity contribution is 6.10. The van der Waals surface area contributed by atoms with Gasteiger partial charge in [0.1, 0.15) is 0 Å². The molecule has 0 unspecified atom stereocenters. The highest BCUT2D eigenvalue weighted by atomic mass is 19.4. The van der Waals surface area contributed by atoms with Crippen molar-refractivity contribution in [3.8, 4) is 62.1 Å². The maximum absolute atomic E-state index is 14.2. The number of para-hydroxylation sites is 1. The zero-order valence-electron chi connectivity index (χ0n) is 28.2. The number of aromatic nitrogens is 4. The summed E-state index contributed by atoms with van der Waals surface area (Å²) in [7, 11) is 0. The van der Waals surface area contributed by atoms with Crippen molar-refractivity contribution in [2.45, 2.75) is 6.18 Å². The number of fused-ring (bicyclic) bond motifs is 3. The van der Waals surface area contributed by atoms with Crippen molar-refractivity contribution in [3.63, 3.8) is 0 Å². The maximum Gasteiger partial charge on any atom is 0.416 e. The van der Waals surface area contributed by atoms with Crippen molar-refractivity contribution in [3.05, 3.63) is 181 Å². The Balaban J connectivity index is 1.32. The molecule has 0 aliphatic rings. The van der Waals surface area contributed by atoms with Gasteiger partial charge in [0.15, 0.2) is 17.5 Å². The quantitative estimate of drug-likeness (QED) is 0.174. The minimum atomic E-state index is -4.53. The summed E-state index contributed by atoms with van der Waals surface area (Å²) in [4.78, 5) is 14.7. The third-order valence-electron chi connectivity index (χ3n) is 9.48. The summed E-state index contributed by atoms with van der Waals surface area (Å²) in [6, 6.07) is 55.3. The van der Waals surface area contributed by atoms with Crippen LogP contribution in [-0.2, 0) is 6.18 Å². The smallest absolute Gasteiger partial charge is 0.309 e. The van der Waals surface area contributed by atoms with Crippen LogP contribution in [-0.4, -0.2) is 19.5 Å². The van der Waals surface area contributed by atoms with Gasteiger partial charge in [0, 0.05) is 33.2 Å². The Bertz CT molecular complexity index is 2700. The molecule has 2 aromatic heterocycles. The van der Waals surface area contributed by atoms with Crippen LogP contribution in [0, 0.1) is 0 Å². The van der Waals surface area contributed by atoms with Gasteiger partial charge in [-0.25, -0.2) is 15.0 Å².